The van der Waals surface area contributed by atoms with Crippen LogP contribution in [0.15, 0.2) is 41.3 Å². The molecule has 0 fully saturated rings. The van der Waals surface area contributed by atoms with Gasteiger partial charge < -0.3 is 14.4 Å². The van der Waals surface area contributed by atoms with E-state index in [1.54, 1.807) is 52.0 Å². The van der Waals surface area contributed by atoms with Gasteiger partial charge in [-0.2, -0.15) is 0 Å². The highest BCUT2D eigenvalue weighted by molar-refractivity contribution is 7.89. The van der Waals surface area contributed by atoms with Crippen LogP contribution in [0.3, 0.4) is 0 Å². The summed E-state index contributed by atoms with van der Waals surface area (Å²) >= 11 is 0. The van der Waals surface area contributed by atoms with E-state index in [1.807, 2.05) is 0 Å². The fraction of sp³-hybridized carbons (Fsp3) is 0.435. The predicted molar refractivity (Wildman–Crippen MR) is 123 cm³/mol. The molecule has 2 rings (SSSR count). The van der Waals surface area contributed by atoms with E-state index in [-0.39, 0.29) is 23.6 Å². The number of sulfonamides is 1. The Kier molecular flexibility index (Phi) is 8.20. The summed E-state index contributed by atoms with van der Waals surface area (Å²) in [7, 11) is -2.84. The van der Waals surface area contributed by atoms with E-state index < -0.39 is 45.8 Å². The summed E-state index contributed by atoms with van der Waals surface area (Å²) in [6.45, 7) is 6.49. The molecule has 0 saturated carbocycles. The first-order valence-electron chi connectivity index (χ1n) is 10.4. The van der Waals surface area contributed by atoms with Gasteiger partial charge in [0.25, 0.3) is 0 Å². The van der Waals surface area contributed by atoms with Crippen LogP contribution in [-0.2, 0) is 33.9 Å². The van der Waals surface area contributed by atoms with Crippen molar-refractivity contribution in [2.24, 2.45) is 5.14 Å². The molecule has 0 spiro atoms. The average Bonchev–Trinajstić information content (AvgIpc) is 2.68. The van der Waals surface area contributed by atoms with Crippen LogP contribution in [0, 0.1) is 0 Å². The number of ether oxygens (including phenoxy) is 2. The molecule has 1 atom stereocenters. The monoisotopic (exact) mass is 478 g/mol. The maximum absolute atomic E-state index is 13.1. The molecular formula is C23H30N2O7S. The number of hydrogen-bond donors (Lipinski definition) is 1. The van der Waals surface area contributed by atoms with Crippen molar-refractivity contribution in [1.29, 1.82) is 0 Å². The first-order chi connectivity index (χ1) is 15.2. The summed E-state index contributed by atoms with van der Waals surface area (Å²) in [4.78, 5) is 38.6. The van der Waals surface area contributed by atoms with Crippen LogP contribution in [0.2, 0.25) is 0 Å². The van der Waals surface area contributed by atoms with Gasteiger partial charge in [-0.25, -0.2) is 13.6 Å². The fourth-order valence-electron chi connectivity index (χ4n) is 3.27. The van der Waals surface area contributed by atoms with Gasteiger partial charge in [0.05, 0.1) is 17.4 Å². The van der Waals surface area contributed by atoms with Crippen molar-refractivity contribution in [1.82, 2.24) is 4.90 Å². The van der Waals surface area contributed by atoms with E-state index >= 15 is 0 Å². The van der Waals surface area contributed by atoms with Crippen molar-refractivity contribution < 1.29 is 32.3 Å². The number of esters is 2. The van der Waals surface area contributed by atoms with Gasteiger partial charge in [0.1, 0.15) is 12.1 Å². The van der Waals surface area contributed by atoms with Crippen LogP contribution in [0.1, 0.15) is 45.6 Å². The van der Waals surface area contributed by atoms with E-state index in [0.717, 1.165) is 4.90 Å². The molecular weight excluding hydrogens is 448 g/mol. The molecule has 0 aliphatic rings. The Morgan fingerprint density at radius 2 is 1.67 bits per heavy atom. The Morgan fingerprint density at radius 1 is 1.09 bits per heavy atom. The number of nitrogens with zero attached hydrogens (tertiary/aromatic N) is 1. The Morgan fingerprint density at radius 3 is 2.18 bits per heavy atom. The SMILES string of the molecule is CCOC(=O)CN(C)C(=O)C[C@H](C(=O)OC(C)(C)C)c1cc2ccccc2cc1S(N)(=O)=O. The second-order valence-electron chi connectivity index (χ2n) is 8.63. The second-order valence-corrected chi connectivity index (χ2v) is 10.2. The second kappa shape index (κ2) is 10.3. The molecule has 2 aromatic rings. The molecule has 0 aliphatic heterocycles. The summed E-state index contributed by atoms with van der Waals surface area (Å²) in [5.74, 6) is -3.20. The summed E-state index contributed by atoms with van der Waals surface area (Å²) in [6.07, 6.45) is -0.425. The highest BCUT2D eigenvalue weighted by atomic mass is 32.2. The number of nitrogens with two attached hydrogens (primary N) is 1. The van der Waals surface area contributed by atoms with Gasteiger partial charge in [-0.1, -0.05) is 24.3 Å². The van der Waals surface area contributed by atoms with Crippen LogP contribution in [0.25, 0.3) is 10.8 Å². The van der Waals surface area contributed by atoms with Gasteiger partial charge in [0, 0.05) is 13.5 Å². The highest BCUT2D eigenvalue weighted by Crippen LogP contribution is 2.33. The Bertz CT molecular complexity index is 1150. The molecule has 0 aromatic heterocycles. The Balaban J connectivity index is 2.56. The van der Waals surface area contributed by atoms with Crippen LogP contribution in [0.5, 0.6) is 0 Å². The lowest BCUT2D eigenvalue weighted by atomic mass is 9.92. The van der Waals surface area contributed by atoms with Crippen LogP contribution in [0.4, 0.5) is 0 Å². The third-order valence-electron chi connectivity index (χ3n) is 4.73. The van der Waals surface area contributed by atoms with Crippen LogP contribution < -0.4 is 5.14 Å². The third kappa shape index (κ3) is 7.26. The Labute approximate surface area is 193 Å². The van der Waals surface area contributed by atoms with E-state index in [4.69, 9.17) is 14.6 Å². The zero-order valence-electron chi connectivity index (χ0n) is 19.5. The lowest BCUT2D eigenvalue weighted by Crippen LogP contribution is -2.36. The van der Waals surface area contributed by atoms with E-state index in [1.165, 1.54) is 19.2 Å². The minimum Gasteiger partial charge on any atom is -0.465 e. The van der Waals surface area contributed by atoms with Crippen molar-refractivity contribution in [3.8, 4) is 0 Å². The van der Waals surface area contributed by atoms with Crippen molar-refractivity contribution in [2.45, 2.75) is 50.5 Å². The van der Waals surface area contributed by atoms with E-state index in [2.05, 4.69) is 0 Å². The average molecular weight is 479 g/mol. The number of hydrogen-bond acceptors (Lipinski definition) is 7. The summed E-state index contributed by atoms with van der Waals surface area (Å²) < 4.78 is 35.2. The Hall–Kier alpha value is -2.98. The van der Waals surface area contributed by atoms with Crippen LogP contribution >= 0.6 is 0 Å². The summed E-state index contributed by atoms with van der Waals surface area (Å²) in [5, 5.41) is 6.74. The molecule has 1 amide bonds. The van der Waals surface area contributed by atoms with Crippen molar-refractivity contribution in [3.05, 3.63) is 42.0 Å². The highest BCUT2D eigenvalue weighted by Gasteiger charge is 2.34. The van der Waals surface area contributed by atoms with E-state index in [0.29, 0.717) is 10.8 Å². The number of fused-ring (bicyclic) bond motifs is 1. The molecule has 10 heteroatoms. The normalized spacial score (nSPS) is 12.8. The standard InChI is InChI=1S/C23H30N2O7S/c1-6-31-21(27)14-25(5)20(26)13-18(22(28)32-23(2,3)4)17-11-15-9-7-8-10-16(15)12-19(17)33(24,29)30/h7-12,18H,6,13-14H2,1-5H3,(H2,24,29,30)/t18-/m0/s1. The fourth-order valence-corrected chi connectivity index (χ4v) is 4.09. The lowest BCUT2D eigenvalue weighted by molar-refractivity contribution is -0.158. The van der Waals surface area contributed by atoms with Crippen molar-refractivity contribution >= 4 is 38.6 Å². The van der Waals surface area contributed by atoms with Gasteiger partial charge in [0.2, 0.25) is 15.9 Å². The largest absolute Gasteiger partial charge is 0.465 e. The van der Waals surface area contributed by atoms with Crippen molar-refractivity contribution in [2.75, 3.05) is 20.2 Å². The number of benzene rings is 2. The molecule has 0 bridgehead atoms. The molecule has 0 radical (unpaired) electrons. The minimum atomic E-state index is -4.24. The smallest absolute Gasteiger partial charge is 0.325 e. The number of likely N-dealkylation sites (N-methyl/N-ethyl adjacent to an activating group) is 1. The molecule has 0 saturated heterocycles. The lowest BCUT2D eigenvalue weighted by Gasteiger charge is -2.26. The number of primary sulfonamides is 1. The van der Waals surface area contributed by atoms with Gasteiger partial charge >= 0.3 is 11.9 Å². The number of amides is 1. The first kappa shape index (κ1) is 26.3. The maximum atomic E-state index is 13.1. The zero-order valence-corrected chi connectivity index (χ0v) is 20.3. The molecule has 180 valence electrons. The molecule has 0 heterocycles. The maximum Gasteiger partial charge on any atom is 0.325 e. The molecule has 2 aromatic carbocycles. The molecule has 9 nitrogen and oxygen atoms in total. The van der Waals surface area contributed by atoms with Gasteiger partial charge in [0.15, 0.2) is 0 Å². The van der Waals surface area contributed by atoms with Gasteiger partial charge in [-0.3, -0.25) is 14.4 Å². The molecule has 0 aliphatic carbocycles. The summed E-state index contributed by atoms with van der Waals surface area (Å²) in [6, 6.07) is 9.89. The number of carbonyl (C=O) groups excluding carboxylic acids is 3. The number of carbonyl (C=O) groups is 3. The number of rotatable bonds is 8. The predicted octanol–water partition coefficient (Wildman–Crippen LogP) is 2.32. The zero-order chi connectivity index (χ0) is 25.0. The van der Waals surface area contributed by atoms with Gasteiger partial charge in [-0.15, -0.1) is 0 Å². The summed E-state index contributed by atoms with van der Waals surface area (Å²) in [5.41, 5.74) is -0.822. The quantitative estimate of drug-likeness (QED) is 0.576. The van der Waals surface area contributed by atoms with Gasteiger partial charge in [-0.05, 0) is 56.2 Å². The van der Waals surface area contributed by atoms with E-state index in [9.17, 15) is 22.8 Å². The topological polar surface area (TPSA) is 133 Å². The van der Waals surface area contributed by atoms with Crippen LogP contribution in [-0.4, -0.2) is 57.0 Å². The first-order valence-corrected chi connectivity index (χ1v) is 12.0. The molecule has 2 N–H and O–H groups in total. The third-order valence-corrected chi connectivity index (χ3v) is 5.69. The molecule has 0 unspecified atom stereocenters. The molecule has 33 heavy (non-hydrogen) atoms. The minimum absolute atomic E-state index is 0.0586. The van der Waals surface area contributed by atoms with Crippen molar-refractivity contribution in [3.63, 3.8) is 0 Å².